The molecule has 4 aromatic rings. The third-order valence-corrected chi connectivity index (χ3v) is 5.23. The molecule has 0 N–H and O–H groups in total. The van der Waals surface area contributed by atoms with E-state index < -0.39 is 0 Å². The first-order valence-corrected chi connectivity index (χ1v) is 9.95. The number of fused-ring (bicyclic) bond motifs is 1. The van der Waals surface area contributed by atoms with Gasteiger partial charge in [-0.25, -0.2) is 4.68 Å². The molecule has 0 aliphatic heterocycles. The molecule has 0 radical (unpaired) electrons. The summed E-state index contributed by atoms with van der Waals surface area (Å²) in [6.07, 6.45) is 0. The van der Waals surface area contributed by atoms with E-state index in [9.17, 15) is 9.59 Å². The van der Waals surface area contributed by atoms with Crippen molar-refractivity contribution in [2.45, 2.75) is 6.54 Å². The molecule has 0 saturated heterocycles. The average Bonchev–Trinajstić information content (AvgIpc) is 2.85. The van der Waals surface area contributed by atoms with E-state index in [0.29, 0.717) is 39.3 Å². The second kappa shape index (κ2) is 8.93. The molecule has 3 aromatic carbocycles. The zero-order valence-electron chi connectivity index (χ0n) is 18.0. The summed E-state index contributed by atoms with van der Waals surface area (Å²) in [6.45, 7) is -0.184. The zero-order chi connectivity index (χ0) is 22.7. The summed E-state index contributed by atoms with van der Waals surface area (Å²) in [6, 6.07) is 19.4. The maximum atomic E-state index is 13.1. The van der Waals surface area contributed by atoms with Crippen molar-refractivity contribution in [1.29, 1.82) is 0 Å². The summed E-state index contributed by atoms with van der Waals surface area (Å²) < 4.78 is 17.1. The van der Waals surface area contributed by atoms with Crippen LogP contribution < -0.4 is 19.8 Å². The predicted molar refractivity (Wildman–Crippen MR) is 122 cm³/mol. The van der Waals surface area contributed by atoms with Crippen molar-refractivity contribution in [3.63, 3.8) is 0 Å². The maximum Gasteiger partial charge on any atom is 0.275 e. The number of Topliss-reactive ketones (excluding diaryl/α,β-unsaturated/α-hetero) is 1. The molecule has 0 aliphatic rings. The van der Waals surface area contributed by atoms with Crippen LogP contribution in [0.2, 0.25) is 0 Å². The average molecular weight is 430 g/mol. The first-order chi connectivity index (χ1) is 15.5. The molecule has 7 nitrogen and oxygen atoms in total. The molecule has 0 spiro atoms. The quantitative estimate of drug-likeness (QED) is 0.413. The van der Waals surface area contributed by atoms with E-state index in [1.165, 1.54) is 4.68 Å². The third kappa shape index (κ3) is 3.92. The van der Waals surface area contributed by atoms with Gasteiger partial charge in [-0.2, -0.15) is 5.10 Å². The summed E-state index contributed by atoms with van der Waals surface area (Å²) in [5, 5.41) is 5.74. The fraction of sp³-hybridized carbons (Fsp3) is 0.160. The first kappa shape index (κ1) is 21.1. The largest absolute Gasteiger partial charge is 0.497 e. The highest BCUT2D eigenvalue weighted by Gasteiger charge is 2.16. The van der Waals surface area contributed by atoms with Gasteiger partial charge in [-0.15, -0.1) is 0 Å². The van der Waals surface area contributed by atoms with Crippen LogP contribution in [0.4, 0.5) is 0 Å². The molecule has 0 aliphatic carbocycles. The Bertz CT molecular complexity index is 1340. The Hall–Kier alpha value is -4.13. The Morgan fingerprint density at radius 3 is 2.19 bits per heavy atom. The molecule has 0 bridgehead atoms. The van der Waals surface area contributed by atoms with Crippen molar-refractivity contribution < 1.29 is 19.0 Å². The van der Waals surface area contributed by atoms with E-state index in [1.807, 2.05) is 18.2 Å². The van der Waals surface area contributed by atoms with Gasteiger partial charge in [0.25, 0.3) is 5.56 Å². The Morgan fingerprint density at radius 1 is 0.844 bits per heavy atom. The number of methoxy groups -OCH3 is 3. The molecule has 0 atom stereocenters. The van der Waals surface area contributed by atoms with Crippen LogP contribution in [0.15, 0.2) is 71.5 Å². The molecule has 7 heteroatoms. The number of rotatable bonds is 7. The third-order valence-electron chi connectivity index (χ3n) is 5.23. The van der Waals surface area contributed by atoms with Gasteiger partial charge in [-0.3, -0.25) is 9.59 Å². The van der Waals surface area contributed by atoms with Crippen molar-refractivity contribution in [2.75, 3.05) is 21.3 Å². The molecule has 162 valence electrons. The highest BCUT2D eigenvalue weighted by Crippen LogP contribution is 2.33. The van der Waals surface area contributed by atoms with Gasteiger partial charge in [-0.05, 0) is 48.5 Å². The smallest absolute Gasteiger partial charge is 0.275 e. The molecule has 32 heavy (non-hydrogen) atoms. The number of carbonyl (C=O) groups excluding carboxylic acids is 1. The summed E-state index contributed by atoms with van der Waals surface area (Å²) in [4.78, 5) is 25.9. The molecule has 4 rings (SSSR count). The summed E-state index contributed by atoms with van der Waals surface area (Å²) in [7, 11) is 4.68. The van der Waals surface area contributed by atoms with Gasteiger partial charge in [0.15, 0.2) is 17.3 Å². The zero-order valence-corrected chi connectivity index (χ0v) is 18.0. The molecule has 1 heterocycles. The highest BCUT2D eigenvalue weighted by molar-refractivity contribution is 5.97. The fourth-order valence-electron chi connectivity index (χ4n) is 3.54. The van der Waals surface area contributed by atoms with Crippen molar-refractivity contribution >= 4 is 16.6 Å². The Balaban J connectivity index is 1.82. The van der Waals surface area contributed by atoms with Crippen LogP contribution in [0.3, 0.4) is 0 Å². The molecule has 0 fully saturated rings. The lowest BCUT2D eigenvalue weighted by Gasteiger charge is -2.13. The second-order valence-electron chi connectivity index (χ2n) is 7.08. The van der Waals surface area contributed by atoms with Crippen molar-refractivity contribution in [2.24, 2.45) is 0 Å². The van der Waals surface area contributed by atoms with Gasteiger partial charge >= 0.3 is 0 Å². The van der Waals surface area contributed by atoms with E-state index in [4.69, 9.17) is 14.2 Å². The number of hydrogen-bond acceptors (Lipinski definition) is 6. The van der Waals surface area contributed by atoms with Crippen LogP contribution in [0.1, 0.15) is 10.4 Å². The van der Waals surface area contributed by atoms with Gasteiger partial charge in [0.1, 0.15) is 12.3 Å². The molecular formula is C25H22N2O5. The molecular weight excluding hydrogens is 408 g/mol. The number of ketones is 1. The molecule has 0 amide bonds. The molecule has 0 saturated carbocycles. The summed E-state index contributed by atoms with van der Waals surface area (Å²) >= 11 is 0. The van der Waals surface area contributed by atoms with Crippen molar-refractivity contribution in [3.05, 3.63) is 82.6 Å². The van der Waals surface area contributed by atoms with Crippen LogP contribution in [-0.2, 0) is 6.54 Å². The van der Waals surface area contributed by atoms with Gasteiger partial charge in [0.05, 0.1) is 32.4 Å². The minimum Gasteiger partial charge on any atom is -0.497 e. The van der Waals surface area contributed by atoms with Gasteiger partial charge in [0, 0.05) is 16.5 Å². The number of benzene rings is 3. The number of nitrogens with zero attached hydrogens (tertiary/aromatic N) is 2. The van der Waals surface area contributed by atoms with Crippen LogP contribution in [-0.4, -0.2) is 36.9 Å². The first-order valence-electron chi connectivity index (χ1n) is 9.95. The fourth-order valence-corrected chi connectivity index (χ4v) is 3.54. The Labute approximate surface area is 184 Å². The number of hydrogen-bond donors (Lipinski definition) is 0. The molecule has 0 unspecified atom stereocenters. The minimum atomic E-state index is -0.327. The molecule has 1 aromatic heterocycles. The Kier molecular flexibility index (Phi) is 5.89. The van der Waals surface area contributed by atoms with Gasteiger partial charge in [0.2, 0.25) is 0 Å². The monoisotopic (exact) mass is 430 g/mol. The number of ether oxygens (including phenoxy) is 3. The van der Waals surface area contributed by atoms with Crippen LogP contribution in [0, 0.1) is 0 Å². The number of carbonyl (C=O) groups is 1. The summed E-state index contributed by atoms with van der Waals surface area (Å²) in [5.74, 6) is 1.56. The lowest BCUT2D eigenvalue weighted by Crippen LogP contribution is -2.27. The second-order valence-corrected chi connectivity index (χ2v) is 7.08. The van der Waals surface area contributed by atoms with E-state index >= 15 is 0 Å². The van der Waals surface area contributed by atoms with E-state index in [-0.39, 0.29) is 17.9 Å². The number of aromatic nitrogens is 2. The van der Waals surface area contributed by atoms with E-state index in [1.54, 1.807) is 69.9 Å². The van der Waals surface area contributed by atoms with Crippen LogP contribution >= 0.6 is 0 Å². The highest BCUT2D eigenvalue weighted by atomic mass is 16.5. The van der Waals surface area contributed by atoms with Crippen LogP contribution in [0.5, 0.6) is 17.2 Å². The van der Waals surface area contributed by atoms with Crippen LogP contribution in [0.25, 0.3) is 22.0 Å². The van der Waals surface area contributed by atoms with Crippen molar-refractivity contribution in [1.82, 2.24) is 9.78 Å². The van der Waals surface area contributed by atoms with Gasteiger partial charge in [-0.1, -0.05) is 18.2 Å². The Morgan fingerprint density at radius 2 is 1.53 bits per heavy atom. The topological polar surface area (TPSA) is 79.7 Å². The lowest BCUT2D eigenvalue weighted by molar-refractivity contribution is 0.0966. The SMILES string of the molecule is COc1ccc(C(=O)Cn2nc(-c3ccc(OC)c(OC)c3)c3ccccc3c2=O)cc1. The standard InChI is InChI=1S/C25H22N2O5/c1-30-18-11-8-16(9-12-18)21(28)15-27-25(29)20-7-5-4-6-19(20)24(26-27)17-10-13-22(31-2)23(14-17)32-3/h4-14H,15H2,1-3H3. The maximum absolute atomic E-state index is 13.1. The minimum absolute atomic E-state index is 0.184. The van der Waals surface area contributed by atoms with Crippen molar-refractivity contribution in [3.8, 4) is 28.5 Å². The van der Waals surface area contributed by atoms with E-state index in [2.05, 4.69) is 5.10 Å². The lowest BCUT2D eigenvalue weighted by atomic mass is 10.0. The normalized spacial score (nSPS) is 10.7. The predicted octanol–water partition coefficient (Wildman–Crippen LogP) is 3.97. The van der Waals surface area contributed by atoms with E-state index in [0.717, 1.165) is 5.56 Å². The van der Waals surface area contributed by atoms with Gasteiger partial charge < -0.3 is 14.2 Å². The summed E-state index contributed by atoms with van der Waals surface area (Å²) in [5.41, 5.74) is 1.46.